The highest BCUT2D eigenvalue weighted by Crippen LogP contribution is 2.26. The number of benzene rings is 1. The average Bonchev–Trinajstić information content (AvgIpc) is 3.19. The zero-order valence-corrected chi connectivity index (χ0v) is 13.5. The monoisotopic (exact) mass is 321 g/mol. The lowest BCUT2D eigenvalue weighted by Crippen LogP contribution is -2.30. The predicted octanol–water partition coefficient (Wildman–Crippen LogP) is 1.59. The number of methoxy groups -OCH3 is 1. The van der Waals surface area contributed by atoms with Crippen molar-refractivity contribution in [1.82, 2.24) is 14.1 Å². The zero-order valence-electron chi connectivity index (χ0n) is 12.6. The highest BCUT2D eigenvalue weighted by atomic mass is 32.2. The summed E-state index contributed by atoms with van der Waals surface area (Å²) in [5.41, 5.74) is 1.47. The van der Waals surface area contributed by atoms with Crippen LogP contribution >= 0.6 is 0 Å². The Hall–Kier alpha value is -1.70. The Morgan fingerprint density at radius 1 is 1.36 bits per heavy atom. The minimum Gasteiger partial charge on any atom is -0.380 e. The molecule has 0 spiro atoms. The standard InChI is InChI=1S/C15H19N3O3S/c1-12-4-5-13(18-8-3-7-16-18)10-15(12)22(19,20)17-9-6-14(11-17)21-2/h3-5,7-8,10,14H,6,9,11H2,1-2H3/t14-/m0/s1. The molecule has 1 aliphatic rings. The molecular formula is C15H19N3O3S. The van der Waals surface area contributed by atoms with E-state index in [1.54, 1.807) is 36.3 Å². The first kappa shape index (κ1) is 15.2. The molecule has 1 aliphatic heterocycles. The second kappa shape index (κ2) is 5.83. The van der Waals surface area contributed by atoms with Crippen molar-refractivity contribution in [3.05, 3.63) is 42.2 Å². The van der Waals surface area contributed by atoms with Crippen molar-refractivity contribution >= 4 is 10.0 Å². The third kappa shape index (κ3) is 2.67. The maximum Gasteiger partial charge on any atom is 0.243 e. The lowest BCUT2D eigenvalue weighted by molar-refractivity contribution is 0.115. The Balaban J connectivity index is 1.98. The van der Waals surface area contributed by atoms with Gasteiger partial charge in [0.15, 0.2) is 0 Å². The molecule has 2 heterocycles. The van der Waals surface area contributed by atoms with Crippen LogP contribution in [0.2, 0.25) is 0 Å². The summed E-state index contributed by atoms with van der Waals surface area (Å²) < 4.78 is 34.2. The molecule has 2 aromatic rings. The van der Waals surface area contributed by atoms with Gasteiger partial charge in [-0.05, 0) is 37.1 Å². The van der Waals surface area contributed by atoms with Crippen LogP contribution in [-0.4, -0.2) is 48.8 Å². The van der Waals surface area contributed by atoms with Gasteiger partial charge in [0, 0.05) is 32.6 Å². The van der Waals surface area contributed by atoms with E-state index in [0.717, 1.165) is 17.7 Å². The molecule has 0 amide bonds. The van der Waals surface area contributed by atoms with Gasteiger partial charge >= 0.3 is 0 Å². The van der Waals surface area contributed by atoms with Crippen molar-refractivity contribution in [3.63, 3.8) is 0 Å². The van der Waals surface area contributed by atoms with Gasteiger partial charge in [-0.1, -0.05) is 6.07 Å². The highest BCUT2D eigenvalue weighted by Gasteiger charge is 2.33. The second-order valence-corrected chi connectivity index (χ2v) is 7.32. The molecule has 1 aromatic carbocycles. The molecule has 6 nitrogen and oxygen atoms in total. The van der Waals surface area contributed by atoms with Crippen molar-refractivity contribution in [2.24, 2.45) is 0 Å². The van der Waals surface area contributed by atoms with Crippen molar-refractivity contribution in [2.75, 3.05) is 20.2 Å². The minimum atomic E-state index is -3.51. The molecule has 1 aromatic heterocycles. The molecule has 0 saturated carbocycles. The Morgan fingerprint density at radius 2 is 2.18 bits per heavy atom. The molecule has 0 radical (unpaired) electrons. The third-order valence-corrected chi connectivity index (χ3v) is 6.01. The van der Waals surface area contributed by atoms with E-state index in [4.69, 9.17) is 4.74 Å². The van der Waals surface area contributed by atoms with Crippen LogP contribution in [0.4, 0.5) is 0 Å². The highest BCUT2D eigenvalue weighted by molar-refractivity contribution is 7.89. The van der Waals surface area contributed by atoms with Crippen molar-refractivity contribution < 1.29 is 13.2 Å². The van der Waals surface area contributed by atoms with Gasteiger partial charge in [-0.3, -0.25) is 0 Å². The van der Waals surface area contributed by atoms with E-state index in [2.05, 4.69) is 5.10 Å². The van der Waals surface area contributed by atoms with E-state index in [1.165, 1.54) is 4.31 Å². The first-order valence-electron chi connectivity index (χ1n) is 7.16. The number of hydrogen-bond donors (Lipinski definition) is 0. The fourth-order valence-corrected chi connectivity index (χ4v) is 4.41. The van der Waals surface area contributed by atoms with E-state index >= 15 is 0 Å². The first-order chi connectivity index (χ1) is 10.5. The Labute approximate surface area is 130 Å². The SMILES string of the molecule is CO[C@H]1CCN(S(=O)(=O)c2cc(-n3cccn3)ccc2C)C1. The quantitative estimate of drug-likeness (QED) is 0.858. The molecule has 0 bridgehead atoms. The van der Waals surface area contributed by atoms with Crippen molar-refractivity contribution in [3.8, 4) is 5.69 Å². The van der Waals surface area contributed by atoms with Gasteiger partial charge in [0.2, 0.25) is 10.0 Å². The zero-order chi connectivity index (χ0) is 15.7. The van der Waals surface area contributed by atoms with Gasteiger partial charge in [-0.15, -0.1) is 0 Å². The maximum atomic E-state index is 12.9. The molecule has 1 saturated heterocycles. The fraction of sp³-hybridized carbons (Fsp3) is 0.400. The molecule has 3 rings (SSSR count). The van der Waals surface area contributed by atoms with E-state index in [-0.39, 0.29) is 6.10 Å². The molecule has 7 heteroatoms. The maximum absolute atomic E-state index is 12.9. The van der Waals surface area contributed by atoms with Gasteiger partial charge in [0.05, 0.1) is 16.7 Å². The van der Waals surface area contributed by atoms with Crippen LogP contribution in [0.15, 0.2) is 41.6 Å². The number of sulfonamides is 1. The van der Waals surface area contributed by atoms with E-state index in [1.807, 2.05) is 19.1 Å². The van der Waals surface area contributed by atoms with Crippen LogP contribution in [0.1, 0.15) is 12.0 Å². The minimum absolute atomic E-state index is 0.0237. The lowest BCUT2D eigenvalue weighted by Gasteiger charge is -2.18. The topological polar surface area (TPSA) is 64.4 Å². The van der Waals surface area contributed by atoms with Crippen LogP contribution in [0, 0.1) is 6.92 Å². The Morgan fingerprint density at radius 3 is 2.82 bits per heavy atom. The summed E-state index contributed by atoms with van der Waals surface area (Å²) in [5, 5.41) is 4.15. The molecule has 22 heavy (non-hydrogen) atoms. The number of aromatic nitrogens is 2. The Kier molecular flexibility index (Phi) is 4.03. The molecule has 1 atom stereocenters. The summed E-state index contributed by atoms with van der Waals surface area (Å²) in [6.45, 7) is 2.71. The third-order valence-electron chi connectivity index (χ3n) is 4.00. The van der Waals surface area contributed by atoms with E-state index in [0.29, 0.717) is 18.0 Å². The van der Waals surface area contributed by atoms with Crippen molar-refractivity contribution in [1.29, 1.82) is 0 Å². The number of ether oxygens (including phenoxy) is 1. The van der Waals surface area contributed by atoms with Gasteiger partial charge in [-0.2, -0.15) is 9.40 Å². The van der Waals surface area contributed by atoms with Gasteiger partial charge in [0.25, 0.3) is 0 Å². The van der Waals surface area contributed by atoms with Crippen LogP contribution in [0.25, 0.3) is 5.69 Å². The van der Waals surface area contributed by atoms with Crippen LogP contribution in [-0.2, 0) is 14.8 Å². The Bertz CT molecular complexity index is 756. The summed E-state index contributed by atoms with van der Waals surface area (Å²) >= 11 is 0. The summed E-state index contributed by atoms with van der Waals surface area (Å²) in [7, 11) is -1.90. The fourth-order valence-electron chi connectivity index (χ4n) is 2.68. The molecule has 0 N–H and O–H groups in total. The molecule has 0 aliphatic carbocycles. The number of rotatable bonds is 4. The van der Waals surface area contributed by atoms with Crippen molar-refractivity contribution in [2.45, 2.75) is 24.3 Å². The van der Waals surface area contributed by atoms with Gasteiger partial charge < -0.3 is 4.74 Å². The van der Waals surface area contributed by atoms with Gasteiger partial charge in [-0.25, -0.2) is 13.1 Å². The summed E-state index contributed by atoms with van der Waals surface area (Å²) in [5.74, 6) is 0. The van der Waals surface area contributed by atoms with Crippen LogP contribution in [0.5, 0.6) is 0 Å². The average molecular weight is 321 g/mol. The summed E-state index contributed by atoms with van der Waals surface area (Å²) in [4.78, 5) is 0.331. The smallest absolute Gasteiger partial charge is 0.243 e. The van der Waals surface area contributed by atoms with Crippen LogP contribution in [0.3, 0.4) is 0 Å². The first-order valence-corrected chi connectivity index (χ1v) is 8.60. The predicted molar refractivity (Wildman–Crippen MR) is 82.5 cm³/mol. The van der Waals surface area contributed by atoms with E-state index < -0.39 is 10.0 Å². The number of nitrogens with zero attached hydrogens (tertiary/aromatic N) is 3. The van der Waals surface area contributed by atoms with E-state index in [9.17, 15) is 8.42 Å². The molecule has 0 unspecified atom stereocenters. The summed E-state index contributed by atoms with van der Waals surface area (Å²) in [6.07, 6.45) is 4.16. The van der Waals surface area contributed by atoms with Crippen LogP contribution < -0.4 is 0 Å². The lowest BCUT2D eigenvalue weighted by atomic mass is 10.2. The number of hydrogen-bond acceptors (Lipinski definition) is 4. The molecule has 118 valence electrons. The second-order valence-electron chi connectivity index (χ2n) is 5.41. The van der Waals surface area contributed by atoms with Gasteiger partial charge in [0.1, 0.15) is 0 Å². The summed E-state index contributed by atoms with van der Waals surface area (Å²) in [6, 6.07) is 7.16. The molecular weight excluding hydrogens is 302 g/mol. The normalized spacial score (nSPS) is 19.6. The largest absolute Gasteiger partial charge is 0.380 e. The molecule has 1 fully saturated rings. The number of aryl methyl sites for hydroxylation is 1.